The number of piperazine rings is 1. The molecule has 1 fully saturated rings. The van der Waals surface area contributed by atoms with E-state index in [0.717, 1.165) is 35.9 Å². The molecule has 0 radical (unpaired) electrons. The van der Waals surface area contributed by atoms with Crippen LogP contribution in [0.2, 0.25) is 0 Å². The molecule has 11 heteroatoms. The van der Waals surface area contributed by atoms with Crippen LogP contribution in [0.15, 0.2) is 84.0 Å². The van der Waals surface area contributed by atoms with Crippen LogP contribution in [0.3, 0.4) is 0 Å². The largest absolute Gasteiger partial charge is 0.497 e. The second kappa shape index (κ2) is 11.8. The minimum absolute atomic E-state index is 0.0287. The summed E-state index contributed by atoms with van der Waals surface area (Å²) in [5, 5.41) is 15.2. The number of aromatic nitrogens is 4. The number of anilines is 2. The molecule has 4 aromatic rings. The third-order valence-corrected chi connectivity index (χ3v) is 7.11. The lowest BCUT2D eigenvalue weighted by atomic mass is 10.1. The summed E-state index contributed by atoms with van der Waals surface area (Å²) in [5.74, 6) is 0.797. The molecule has 0 spiro atoms. The van der Waals surface area contributed by atoms with Crippen molar-refractivity contribution in [3.05, 3.63) is 84.4 Å². The van der Waals surface area contributed by atoms with Gasteiger partial charge in [-0.1, -0.05) is 30.0 Å². The van der Waals surface area contributed by atoms with E-state index in [0.29, 0.717) is 23.8 Å². The molecule has 10 nitrogen and oxygen atoms in total. The number of hydrogen-bond acceptors (Lipinski definition) is 8. The van der Waals surface area contributed by atoms with Gasteiger partial charge in [0.25, 0.3) is 5.91 Å². The highest BCUT2D eigenvalue weighted by Crippen LogP contribution is 2.22. The Balaban J connectivity index is 1.10. The summed E-state index contributed by atoms with van der Waals surface area (Å²) in [5.41, 5.74) is 3.27. The number of amides is 2. The first-order chi connectivity index (χ1) is 18.6. The molecule has 0 aliphatic carbocycles. The average molecular weight is 530 g/mol. The third-order valence-electron chi connectivity index (χ3n) is 6.19. The van der Waals surface area contributed by atoms with Gasteiger partial charge in [-0.05, 0) is 71.1 Å². The number of tetrazole rings is 1. The molecular formula is C27H27N7O3S. The Morgan fingerprint density at radius 3 is 2.29 bits per heavy atom. The SMILES string of the molecule is COc1ccc(C(=O)N2CCN(c3ccc(NC(=O)CSc4nnnn4-c4ccccc4)cc3)CC2)cc1. The van der Waals surface area contributed by atoms with Gasteiger partial charge in [0, 0.05) is 43.1 Å². The van der Waals surface area contributed by atoms with Gasteiger partial charge in [-0.25, -0.2) is 0 Å². The molecule has 1 aromatic heterocycles. The van der Waals surface area contributed by atoms with E-state index in [-0.39, 0.29) is 17.6 Å². The van der Waals surface area contributed by atoms with Crippen LogP contribution < -0.4 is 15.0 Å². The molecule has 1 saturated heterocycles. The molecule has 0 saturated carbocycles. The Hall–Kier alpha value is -4.38. The van der Waals surface area contributed by atoms with Crippen molar-refractivity contribution in [3.63, 3.8) is 0 Å². The number of nitrogens with one attached hydrogen (secondary N) is 1. The summed E-state index contributed by atoms with van der Waals surface area (Å²) in [6.07, 6.45) is 0. The van der Waals surface area contributed by atoms with Crippen molar-refractivity contribution in [2.45, 2.75) is 5.16 Å². The van der Waals surface area contributed by atoms with E-state index >= 15 is 0 Å². The molecule has 0 atom stereocenters. The van der Waals surface area contributed by atoms with E-state index in [1.807, 2.05) is 59.5 Å². The highest BCUT2D eigenvalue weighted by atomic mass is 32.2. The van der Waals surface area contributed by atoms with E-state index in [9.17, 15) is 9.59 Å². The summed E-state index contributed by atoms with van der Waals surface area (Å²) in [6, 6.07) is 24.5. The maximum Gasteiger partial charge on any atom is 0.253 e. The van der Waals surface area contributed by atoms with Crippen molar-refractivity contribution in [1.29, 1.82) is 0 Å². The number of methoxy groups -OCH3 is 1. The molecular weight excluding hydrogens is 502 g/mol. The van der Waals surface area contributed by atoms with Gasteiger partial charge in [-0.15, -0.1) is 5.10 Å². The van der Waals surface area contributed by atoms with Gasteiger partial charge in [0.1, 0.15) is 5.75 Å². The van der Waals surface area contributed by atoms with Gasteiger partial charge in [0.15, 0.2) is 0 Å². The number of carbonyl (C=O) groups excluding carboxylic acids is 2. The zero-order chi connectivity index (χ0) is 26.3. The maximum absolute atomic E-state index is 12.8. The molecule has 0 bridgehead atoms. The second-order valence-electron chi connectivity index (χ2n) is 8.60. The maximum atomic E-state index is 12.8. The minimum atomic E-state index is -0.143. The van der Waals surface area contributed by atoms with Crippen LogP contribution in [0.25, 0.3) is 5.69 Å². The number of ether oxygens (including phenoxy) is 1. The van der Waals surface area contributed by atoms with E-state index in [2.05, 4.69) is 25.7 Å². The van der Waals surface area contributed by atoms with Gasteiger partial charge < -0.3 is 19.9 Å². The van der Waals surface area contributed by atoms with Crippen LogP contribution in [0.4, 0.5) is 11.4 Å². The van der Waals surface area contributed by atoms with Crippen LogP contribution in [-0.4, -0.2) is 76.0 Å². The summed E-state index contributed by atoms with van der Waals surface area (Å²) in [6.45, 7) is 2.76. The molecule has 1 aliphatic heterocycles. The predicted octanol–water partition coefficient (Wildman–Crippen LogP) is 3.36. The first kappa shape index (κ1) is 25.3. The highest BCUT2D eigenvalue weighted by Gasteiger charge is 2.22. The summed E-state index contributed by atoms with van der Waals surface area (Å²) < 4.78 is 6.78. The quantitative estimate of drug-likeness (QED) is 0.347. The Bertz CT molecular complexity index is 1370. The fraction of sp³-hybridized carbons (Fsp3) is 0.222. The normalized spacial score (nSPS) is 13.3. The lowest BCUT2D eigenvalue weighted by Gasteiger charge is -2.36. The van der Waals surface area contributed by atoms with Crippen LogP contribution in [0, 0.1) is 0 Å². The Morgan fingerprint density at radius 2 is 1.61 bits per heavy atom. The van der Waals surface area contributed by atoms with E-state index in [4.69, 9.17) is 4.74 Å². The van der Waals surface area contributed by atoms with Crippen LogP contribution in [-0.2, 0) is 4.79 Å². The number of thioether (sulfide) groups is 1. The smallest absolute Gasteiger partial charge is 0.253 e. The van der Waals surface area contributed by atoms with E-state index in [1.54, 1.807) is 36.1 Å². The number of benzene rings is 3. The zero-order valence-electron chi connectivity index (χ0n) is 20.9. The van der Waals surface area contributed by atoms with Crippen LogP contribution in [0.5, 0.6) is 5.75 Å². The number of carbonyl (C=O) groups is 2. The Labute approximate surface area is 224 Å². The number of hydrogen-bond donors (Lipinski definition) is 1. The first-order valence-electron chi connectivity index (χ1n) is 12.2. The molecule has 1 N–H and O–H groups in total. The molecule has 38 heavy (non-hydrogen) atoms. The second-order valence-corrected chi connectivity index (χ2v) is 9.54. The lowest BCUT2D eigenvalue weighted by Crippen LogP contribution is -2.48. The average Bonchev–Trinajstić information content (AvgIpc) is 3.45. The van der Waals surface area contributed by atoms with Crippen molar-refractivity contribution in [3.8, 4) is 11.4 Å². The van der Waals surface area contributed by atoms with Gasteiger partial charge >= 0.3 is 0 Å². The highest BCUT2D eigenvalue weighted by molar-refractivity contribution is 7.99. The molecule has 1 aliphatic rings. The number of para-hydroxylation sites is 1. The topological polar surface area (TPSA) is 105 Å². The predicted molar refractivity (Wildman–Crippen MR) is 146 cm³/mol. The van der Waals surface area contributed by atoms with Crippen molar-refractivity contribution in [1.82, 2.24) is 25.1 Å². The summed E-state index contributed by atoms with van der Waals surface area (Å²) >= 11 is 1.27. The number of nitrogens with zero attached hydrogens (tertiary/aromatic N) is 6. The molecule has 194 valence electrons. The van der Waals surface area contributed by atoms with Crippen molar-refractivity contribution in [2.24, 2.45) is 0 Å². The van der Waals surface area contributed by atoms with E-state index in [1.165, 1.54) is 11.8 Å². The molecule has 2 amide bonds. The van der Waals surface area contributed by atoms with Crippen LogP contribution >= 0.6 is 11.8 Å². The monoisotopic (exact) mass is 529 g/mol. The van der Waals surface area contributed by atoms with Crippen molar-refractivity contribution >= 4 is 35.0 Å². The van der Waals surface area contributed by atoms with Gasteiger partial charge in [0.2, 0.25) is 11.1 Å². The minimum Gasteiger partial charge on any atom is -0.497 e. The van der Waals surface area contributed by atoms with Crippen LogP contribution in [0.1, 0.15) is 10.4 Å². The first-order valence-corrected chi connectivity index (χ1v) is 13.1. The summed E-state index contributed by atoms with van der Waals surface area (Å²) in [7, 11) is 1.61. The molecule has 3 aromatic carbocycles. The third kappa shape index (κ3) is 5.94. The zero-order valence-corrected chi connectivity index (χ0v) is 21.7. The Kier molecular flexibility index (Phi) is 7.84. The number of rotatable bonds is 8. The van der Waals surface area contributed by atoms with E-state index < -0.39 is 0 Å². The fourth-order valence-corrected chi connectivity index (χ4v) is 4.86. The molecule has 0 unspecified atom stereocenters. The van der Waals surface area contributed by atoms with Gasteiger partial charge in [-0.3, -0.25) is 9.59 Å². The molecule has 5 rings (SSSR count). The van der Waals surface area contributed by atoms with Crippen molar-refractivity contribution in [2.75, 3.05) is 49.3 Å². The van der Waals surface area contributed by atoms with Gasteiger partial charge in [0.05, 0.1) is 18.6 Å². The standard InChI is InChI=1S/C27H27N7O3S/c1-37-24-13-7-20(8-14-24)26(36)33-17-15-32(16-18-33)22-11-9-21(10-12-22)28-25(35)19-38-27-29-30-31-34(27)23-5-3-2-4-6-23/h2-14H,15-19H2,1H3,(H,28,35). The summed E-state index contributed by atoms with van der Waals surface area (Å²) in [4.78, 5) is 29.5. The lowest BCUT2D eigenvalue weighted by molar-refractivity contribution is -0.113. The molecule has 2 heterocycles. The fourth-order valence-electron chi connectivity index (χ4n) is 4.17. The van der Waals surface area contributed by atoms with Gasteiger partial charge in [-0.2, -0.15) is 4.68 Å². The Morgan fingerprint density at radius 1 is 0.895 bits per heavy atom. The van der Waals surface area contributed by atoms with Crippen molar-refractivity contribution < 1.29 is 14.3 Å².